The third-order valence-electron chi connectivity index (χ3n) is 4.13. The lowest BCUT2D eigenvalue weighted by Crippen LogP contribution is -2.35. The molecule has 2 heterocycles. The van der Waals surface area contributed by atoms with Crippen LogP contribution in [0.15, 0.2) is 42.6 Å². The van der Waals surface area contributed by atoms with Crippen LogP contribution in [-0.4, -0.2) is 21.1 Å². The summed E-state index contributed by atoms with van der Waals surface area (Å²) in [4.78, 5) is 2.22. The number of benzene rings is 1. The number of nitrogens with zero attached hydrogens (tertiary/aromatic N) is 3. The summed E-state index contributed by atoms with van der Waals surface area (Å²) in [6, 6.07) is 14.2. The number of nitriles is 1. The van der Waals surface area contributed by atoms with E-state index in [0.29, 0.717) is 16.7 Å². The first-order chi connectivity index (χ1) is 10.7. The van der Waals surface area contributed by atoms with Gasteiger partial charge in [0, 0.05) is 25.5 Å². The fourth-order valence-electron chi connectivity index (χ4n) is 3.01. The molecule has 1 aromatic heterocycles. The van der Waals surface area contributed by atoms with Crippen LogP contribution < -0.4 is 5.32 Å². The molecule has 1 aromatic carbocycles. The summed E-state index contributed by atoms with van der Waals surface area (Å²) in [5, 5.41) is 13.1. The predicted octanol–water partition coefficient (Wildman–Crippen LogP) is 3.43. The van der Waals surface area contributed by atoms with Crippen molar-refractivity contribution < 1.29 is 0 Å². The second kappa shape index (κ2) is 6.20. The summed E-state index contributed by atoms with van der Waals surface area (Å²) in [6.45, 7) is 0.941. The molecule has 0 spiro atoms. The number of aryl methyl sites for hydroxylation is 1. The van der Waals surface area contributed by atoms with Gasteiger partial charge >= 0.3 is 0 Å². The van der Waals surface area contributed by atoms with Gasteiger partial charge in [0.2, 0.25) is 0 Å². The lowest BCUT2D eigenvalue weighted by Gasteiger charge is -2.28. The molecule has 2 aromatic rings. The highest BCUT2D eigenvalue weighted by Gasteiger charge is 2.29. The lowest BCUT2D eigenvalue weighted by molar-refractivity contribution is 0.391. The Bertz CT molecular complexity index is 728. The van der Waals surface area contributed by atoms with Crippen molar-refractivity contribution in [1.82, 2.24) is 9.47 Å². The fourth-order valence-corrected chi connectivity index (χ4v) is 3.34. The van der Waals surface area contributed by atoms with Crippen molar-refractivity contribution in [1.29, 1.82) is 5.26 Å². The molecule has 3 rings (SSSR count). The molecule has 1 atom stereocenters. The Kier molecular flexibility index (Phi) is 4.12. The molecule has 22 heavy (non-hydrogen) atoms. The van der Waals surface area contributed by atoms with Crippen molar-refractivity contribution in [3.8, 4) is 6.07 Å². The zero-order valence-corrected chi connectivity index (χ0v) is 13.3. The summed E-state index contributed by atoms with van der Waals surface area (Å²) < 4.78 is 2.15. The Morgan fingerprint density at radius 3 is 2.86 bits per heavy atom. The number of likely N-dealkylation sites (tertiary alicyclic amines) is 1. The van der Waals surface area contributed by atoms with Crippen molar-refractivity contribution in [2.45, 2.75) is 18.9 Å². The number of para-hydroxylation sites is 1. The molecule has 1 N–H and O–H groups in total. The van der Waals surface area contributed by atoms with E-state index in [0.717, 1.165) is 25.1 Å². The Hall–Kier alpha value is -2.32. The van der Waals surface area contributed by atoms with Crippen LogP contribution in [0.3, 0.4) is 0 Å². The Morgan fingerprint density at radius 2 is 2.14 bits per heavy atom. The highest BCUT2D eigenvalue weighted by molar-refractivity contribution is 7.80. The van der Waals surface area contributed by atoms with E-state index < -0.39 is 0 Å². The van der Waals surface area contributed by atoms with E-state index in [-0.39, 0.29) is 0 Å². The van der Waals surface area contributed by atoms with Crippen LogP contribution in [0.5, 0.6) is 0 Å². The van der Waals surface area contributed by atoms with Crippen LogP contribution in [-0.2, 0) is 7.05 Å². The van der Waals surface area contributed by atoms with Crippen molar-refractivity contribution >= 4 is 23.0 Å². The van der Waals surface area contributed by atoms with E-state index in [9.17, 15) is 5.26 Å². The van der Waals surface area contributed by atoms with Crippen molar-refractivity contribution in [3.05, 3.63) is 53.9 Å². The highest BCUT2D eigenvalue weighted by atomic mass is 32.1. The molecule has 4 nitrogen and oxygen atoms in total. The van der Waals surface area contributed by atoms with Gasteiger partial charge in [-0.1, -0.05) is 12.1 Å². The summed E-state index contributed by atoms with van der Waals surface area (Å²) in [6.07, 6.45) is 4.28. The molecular formula is C17H18N4S. The molecule has 0 bridgehead atoms. The topological polar surface area (TPSA) is 44.0 Å². The minimum atomic E-state index is 0.300. The third kappa shape index (κ3) is 2.70. The molecule has 0 amide bonds. The van der Waals surface area contributed by atoms with E-state index in [2.05, 4.69) is 46.2 Å². The van der Waals surface area contributed by atoms with Gasteiger partial charge in [0.15, 0.2) is 5.11 Å². The molecule has 1 aliphatic heterocycles. The average Bonchev–Trinajstić information content (AvgIpc) is 3.16. The number of aromatic nitrogens is 1. The summed E-state index contributed by atoms with van der Waals surface area (Å²) in [5.41, 5.74) is 2.65. The van der Waals surface area contributed by atoms with E-state index >= 15 is 0 Å². The van der Waals surface area contributed by atoms with Crippen LogP contribution in [0.2, 0.25) is 0 Å². The van der Waals surface area contributed by atoms with Crippen LogP contribution in [0, 0.1) is 11.3 Å². The SMILES string of the molecule is Cn1cccc1C1CCCN1C(=S)Nc1ccccc1C#N. The molecule has 0 aliphatic carbocycles. The van der Waals surface area contributed by atoms with Gasteiger partial charge in [-0.25, -0.2) is 0 Å². The summed E-state index contributed by atoms with van der Waals surface area (Å²) in [7, 11) is 2.06. The molecule has 0 saturated carbocycles. The van der Waals surface area contributed by atoms with Crippen LogP contribution in [0.25, 0.3) is 0 Å². The number of hydrogen-bond acceptors (Lipinski definition) is 2. The second-order valence-electron chi connectivity index (χ2n) is 5.48. The van der Waals surface area contributed by atoms with Gasteiger partial charge in [-0.2, -0.15) is 5.26 Å². The number of nitrogens with one attached hydrogen (secondary N) is 1. The van der Waals surface area contributed by atoms with E-state index in [1.54, 1.807) is 6.07 Å². The van der Waals surface area contributed by atoms with Gasteiger partial charge in [0.1, 0.15) is 6.07 Å². The number of rotatable bonds is 2. The van der Waals surface area contributed by atoms with Gasteiger partial charge in [-0.15, -0.1) is 0 Å². The maximum atomic E-state index is 9.19. The smallest absolute Gasteiger partial charge is 0.174 e. The zero-order chi connectivity index (χ0) is 15.5. The maximum Gasteiger partial charge on any atom is 0.174 e. The molecule has 112 valence electrons. The van der Waals surface area contributed by atoms with Crippen molar-refractivity contribution in [2.75, 3.05) is 11.9 Å². The van der Waals surface area contributed by atoms with Gasteiger partial charge in [0.25, 0.3) is 0 Å². The molecule has 5 heteroatoms. The fraction of sp³-hybridized carbons (Fsp3) is 0.294. The molecule has 1 unspecified atom stereocenters. The first-order valence-corrected chi connectivity index (χ1v) is 7.79. The third-order valence-corrected chi connectivity index (χ3v) is 4.46. The molecule has 1 fully saturated rings. The minimum absolute atomic E-state index is 0.300. The zero-order valence-electron chi connectivity index (χ0n) is 12.5. The van der Waals surface area contributed by atoms with Gasteiger partial charge in [-0.3, -0.25) is 0 Å². The molecule has 1 saturated heterocycles. The second-order valence-corrected chi connectivity index (χ2v) is 5.87. The molecule has 1 aliphatic rings. The normalized spacial score (nSPS) is 17.3. The molecular weight excluding hydrogens is 292 g/mol. The largest absolute Gasteiger partial charge is 0.353 e. The Morgan fingerprint density at radius 1 is 1.32 bits per heavy atom. The quantitative estimate of drug-likeness (QED) is 0.863. The number of anilines is 1. The predicted molar refractivity (Wildman–Crippen MR) is 91.5 cm³/mol. The minimum Gasteiger partial charge on any atom is -0.353 e. The van der Waals surface area contributed by atoms with Crippen molar-refractivity contribution in [2.24, 2.45) is 7.05 Å². The molecule has 0 radical (unpaired) electrons. The number of thiocarbonyl (C=S) groups is 1. The van der Waals surface area contributed by atoms with Crippen molar-refractivity contribution in [3.63, 3.8) is 0 Å². The summed E-state index contributed by atoms with van der Waals surface area (Å²) >= 11 is 5.59. The highest BCUT2D eigenvalue weighted by Crippen LogP contribution is 2.32. The van der Waals surface area contributed by atoms with E-state index in [4.69, 9.17) is 12.2 Å². The van der Waals surface area contributed by atoms with Crippen LogP contribution >= 0.6 is 12.2 Å². The summed E-state index contributed by atoms with van der Waals surface area (Å²) in [5.74, 6) is 0. The maximum absolute atomic E-state index is 9.19. The first kappa shape index (κ1) is 14.6. The number of hydrogen-bond donors (Lipinski definition) is 1. The standard InChI is InChI=1S/C17H18N4S/c1-20-10-4-8-15(20)16-9-5-11-21(16)17(22)19-14-7-3-2-6-13(14)12-18/h2-4,6-8,10,16H,5,9,11H2,1H3,(H,19,22). The lowest BCUT2D eigenvalue weighted by atomic mass is 10.1. The van der Waals surface area contributed by atoms with Gasteiger partial charge in [-0.05, 0) is 49.3 Å². The van der Waals surface area contributed by atoms with Crippen LogP contribution in [0.4, 0.5) is 5.69 Å². The Labute approximate surface area is 136 Å². The van der Waals surface area contributed by atoms with Crippen LogP contribution in [0.1, 0.15) is 30.1 Å². The van der Waals surface area contributed by atoms with E-state index in [1.807, 2.05) is 18.2 Å². The monoisotopic (exact) mass is 310 g/mol. The Balaban J connectivity index is 1.80. The first-order valence-electron chi connectivity index (χ1n) is 7.38. The van der Waals surface area contributed by atoms with E-state index in [1.165, 1.54) is 5.69 Å². The van der Waals surface area contributed by atoms with Gasteiger partial charge in [0.05, 0.1) is 17.3 Å². The van der Waals surface area contributed by atoms with Gasteiger partial charge < -0.3 is 14.8 Å². The average molecular weight is 310 g/mol.